The Labute approximate surface area is 120 Å². The third kappa shape index (κ3) is 3.70. The van der Waals surface area contributed by atoms with E-state index in [4.69, 9.17) is 0 Å². The molecule has 2 N–H and O–H groups in total. The number of nitrogens with one attached hydrogen (secondary N) is 1. The summed E-state index contributed by atoms with van der Waals surface area (Å²) in [5, 5.41) is 13.2. The summed E-state index contributed by atoms with van der Waals surface area (Å²) in [7, 11) is 3.77. The van der Waals surface area contributed by atoms with E-state index in [-0.39, 0.29) is 5.91 Å². The van der Waals surface area contributed by atoms with Gasteiger partial charge in [-0.1, -0.05) is 19.3 Å². The minimum atomic E-state index is -0.731. The molecule has 2 rings (SSSR count). The van der Waals surface area contributed by atoms with E-state index in [1.54, 1.807) is 18.3 Å². The number of rotatable bonds is 4. The number of hydrogen-bond donors (Lipinski definition) is 2. The van der Waals surface area contributed by atoms with Gasteiger partial charge < -0.3 is 15.3 Å². The fourth-order valence-electron chi connectivity index (χ4n) is 2.54. The van der Waals surface area contributed by atoms with Crippen LogP contribution < -0.4 is 10.2 Å². The Kier molecular flexibility index (Phi) is 4.60. The van der Waals surface area contributed by atoms with E-state index in [2.05, 4.69) is 10.3 Å². The van der Waals surface area contributed by atoms with Gasteiger partial charge in [0.15, 0.2) is 0 Å². The highest BCUT2D eigenvalue weighted by Gasteiger charge is 2.29. The predicted octanol–water partition coefficient (Wildman–Crippen LogP) is 1.57. The summed E-state index contributed by atoms with van der Waals surface area (Å²) in [4.78, 5) is 18.2. The quantitative estimate of drug-likeness (QED) is 0.877. The molecule has 0 atom stereocenters. The maximum Gasteiger partial charge on any atom is 0.251 e. The average molecular weight is 277 g/mol. The topological polar surface area (TPSA) is 65.5 Å². The van der Waals surface area contributed by atoms with Gasteiger partial charge in [-0.25, -0.2) is 4.98 Å². The van der Waals surface area contributed by atoms with Crippen LogP contribution in [-0.4, -0.2) is 42.2 Å². The van der Waals surface area contributed by atoms with Crippen LogP contribution in [0.1, 0.15) is 42.5 Å². The molecule has 0 aliphatic heterocycles. The molecule has 1 saturated carbocycles. The van der Waals surface area contributed by atoms with Crippen molar-refractivity contribution in [3.05, 3.63) is 23.9 Å². The average Bonchev–Trinajstić information content (AvgIpc) is 2.46. The smallest absolute Gasteiger partial charge is 0.251 e. The molecular weight excluding hydrogens is 254 g/mol. The van der Waals surface area contributed by atoms with Crippen molar-refractivity contribution in [3.63, 3.8) is 0 Å². The van der Waals surface area contributed by atoms with Gasteiger partial charge in [-0.15, -0.1) is 0 Å². The predicted molar refractivity (Wildman–Crippen MR) is 78.9 cm³/mol. The Bertz CT molecular complexity index is 468. The molecule has 0 unspecified atom stereocenters. The number of aromatic nitrogens is 1. The van der Waals surface area contributed by atoms with Crippen molar-refractivity contribution in [3.8, 4) is 0 Å². The van der Waals surface area contributed by atoms with Gasteiger partial charge in [-0.2, -0.15) is 0 Å². The van der Waals surface area contributed by atoms with Gasteiger partial charge in [-0.3, -0.25) is 4.79 Å². The molecule has 0 aromatic carbocycles. The van der Waals surface area contributed by atoms with Crippen LogP contribution in [0.15, 0.2) is 18.3 Å². The van der Waals surface area contributed by atoms with Gasteiger partial charge in [0.25, 0.3) is 5.91 Å². The summed E-state index contributed by atoms with van der Waals surface area (Å²) < 4.78 is 0. The van der Waals surface area contributed by atoms with Crippen LogP contribution in [-0.2, 0) is 0 Å². The normalized spacial score (nSPS) is 17.6. The fourth-order valence-corrected chi connectivity index (χ4v) is 2.54. The number of aliphatic hydroxyl groups is 1. The highest BCUT2D eigenvalue weighted by Crippen LogP contribution is 2.27. The molecular formula is C15H23N3O2. The molecule has 0 saturated heterocycles. The molecule has 1 fully saturated rings. The summed E-state index contributed by atoms with van der Waals surface area (Å²) in [6, 6.07) is 3.44. The van der Waals surface area contributed by atoms with E-state index in [1.807, 2.05) is 19.0 Å². The largest absolute Gasteiger partial charge is 0.388 e. The number of hydrogen-bond acceptors (Lipinski definition) is 4. The van der Waals surface area contributed by atoms with Crippen molar-refractivity contribution in [2.24, 2.45) is 0 Å². The lowest BCUT2D eigenvalue weighted by Crippen LogP contribution is -2.44. The Morgan fingerprint density at radius 2 is 2.10 bits per heavy atom. The van der Waals surface area contributed by atoms with E-state index in [1.165, 1.54) is 6.42 Å². The monoisotopic (exact) mass is 277 g/mol. The van der Waals surface area contributed by atoms with E-state index in [0.717, 1.165) is 31.5 Å². The van der Waals surface area contributed by atoms with E-state index in [0.29, 0.717) is 12.1 Å². The lowest BCUT2D eigenvalue weighted by Gasteiger charge is -2.32. The Morgan fingerprint density at radius 1 is 1.40 bits per heavy atom. The SMILES string of the molecule is CN(C)c1cc(C(=O)NCC2(O)CCCCC2)ccn1. The number of carbonyl (C=O) groups is 1. The van der Waals surface area contributed by atoms with Crippen LogP contribution in [0.2, 0.25) is 0 Å². The molecule has 1 heterocycles. The summed E-state index contributed by atoms with van der Waals surface area (Å²) >= 11 is 0. The zero-order valence-corrected chi connectivity index (χ0v) is 12.2. The molecule has 20 heavy (non-hydrogen) atoms. The van der Waals surface area contributed by atoms with E-state index < -0.39 is 5.60 Å². The molecule has 1 aromatic heterocycles. The molecule has 110 valence electrons. The number of amides is 1. The second-order valence-corrected chi connectivity index (χ2v) is 5.76. The first-order valence-corrected chi connectivity index (χ1v) is 7.14. The number of anilines is 1. The summed E-state index contributed by atoms with van der Waals surface area (Å²) in [6.07, 6.45) is 6.41. The molecule has 1 amide bonds. The maximum absolute atomic E-state index is 12.1. The van der Waals surface area contributed by atoms with Gasteiger partial charge in [0, 0.05) is 32.4 Å². The van der Waals surface area contributed by atoms with Crippen molar-refractivity contribution < 1.29 is 9.90 Å². The highest BCUT2D eigenvalue weighted by atomic mass is 16.3. The zero-order chi connectivity index (χ0) is 14.6. The second-order valence-electron chi connectivity index (χ2n) is 5.76. The van der Waals surface area contributed by atoms with Crippen LogP contribution in [0.5, 0.6) is 0 Å². The molecule has 1 aliphatic rings. The third-order valence-electron chi connectivity index (χ3n) is 3.83. The number of pyridine rings is 1. The van der Waals surface area contributed by atoms with Gasteiger partial charge in [0.1, 0.15) is 5.82 Å². The minimum Gasteiger partial charge on any atom is -0.388 e. The third-order valence-corrected chi connectivity index (χ3v) is 3.83. The standard InChI is InChI=1S/C15H23N3O2/c1-18(2)13-10-12(6-9-16-13)14(19)17-11-15(20)7-4-3-5-8-15/h6,9-10,20H,3-5,7-8,11H2,1-2H3,(H,17,19). The van der Waals surface area contributed by atoms with Crippen LogP contribution in [0, 0.1) is 0 Å². The van der Waals surface area contributed by atoms with Crippen molar-refractivity contribution in [1.29, 1.82) is 0 Å². The second kappa shape index (κ2) is 6.22. The van der Waals surface area contributed by atoms with Crippen LogP contribution in [0.25, 0.3) is 0 Å². The van der Waals surface area contributed by atoms with Crippen LogP contribution in [0.3, 0.4) is 0 Å². The number of nitrogens with zero attached hydrogens (tertiary/aromatic N) is 2. The van der Waals surface area contributed by atoms with E-state index in [9.17, 15) is 9.90 Å². The minimum absolute atomic E-state index is 0.158. The molecule has 0 radical (unpaired) electrons. The van der Waals surface area contributed by atoms with Crippen LogP contribution >= 0.6 is 0 Å². The van der Waals surface area contributed by atoms with Crippen molar-refractivity contribution in [1.82, 2.24) is 10.3 Å². The van der Waals surface area contributed by atoms with Gasteiger partial charge in [0.2, 0.25) is 0 Å². The Hall–Kier alpha value is -1.62. The van der Waals surface area contributed by atoms with Gasteiger partial charge in [0.05, 0.1) is 5.60 Å². The summed E-state index contributed by atoms with van der Waals surface area (Å²) in [5.41, 5.74) is -0.159. The highest BCUT2D eigenvalue weighted by molar-refractivity contribution is 5.94. The fraction of sp³-hybridized carbons (Fsp3) is 0.600. The van der Waals surface area contributed by atoms with Crippen molar-refractivity contribution in [2.45, 2.75) is 37.7 Å². The lowest BCUT2D eigenvalue weighted by atomic mass is 9.85. The van der Waals surface area contributed by atoms with Crippen LogP contribution in [0.4, 0.5) is 5.82 Å². The van der Waals surface area contributed by atoms with Gasteiger partial charge >= 0.3 is 0 Å². The Morgan fingerprint density at radius 3 is 2.75 bits per heavy atom. The first kappa shape index (κ1) is 14.8. The molecule has 1 aliphatic carbocycles. The van der Waals surface area contributed by atoms with Crippen molar-refractivity contribution in [2.75, 3.05) is 25.5 Å². The first-order valence-electron chi connectivity index (χ1n) is 7.14. The maximum atomic E-state index is 12.1. The zero-order valence-electron chi connectivity index (χ0n) is 12.2. The van der Waals surface area contributed by atoms with Gasteiger partial charge in [-0.05, 0) is 25.0 Å². The molecule has 0 spiro atoms. The number of carbonyl (C=O) groups excluding carboxylic acids is 1. The van der Waals surface area contributed by atoms with Crippen molar-refractivity contribution >= 4 is 11.7 Å². The Balaban J connectivity index is 1.96. The molecule has 5 nitrogen and oxygen atoms in total. The summed E-state index contributed by atoms with van der Waals surface area (Å²) in [5.74, 6) is 0.587. The van der Waals surface area contributed by atoms with E-state index >= 15 is 0 Å². The molecule has 5 heteroatoms. The molecule has 0 bridgehead atoms. The lowest BCUT2D eigenvalue weighted by molar-refractivity contribution is 0.00526. The molecule has 1 aromatic rings. The first-order chi connectivity index (χ1) is 9.50. The summed E-state index contributed by atoms with van der Waals surface area (Å²) in [6.45, 7) is 0.325.